The molecule has 1 rings (SSSR count). The standard InChI is InChI=1S/C9H12.C3H8O/c1-3-9-6-4-8(2)5-7-9;1-3-4-2/h4-7H,3H2,1-2H3;3H2,1-2H3. The van der Waals surface area contributed by atoms with Gasteiger partial charge in [-0.2, -0.15) is 0 Å². The first-order chi connectivity index (χ1) is 6.24. The fraction of sp³-hybridized carbons (Fsp3) is 0.500. The normalized spacial score (nSPS) is 8.92. The molecule has 0 atom stereocenters. The van der Waals surface area contributed by atoms with Crippen molar-refractivity contribution in [2.24, 2.45) is 0 Å². The molecule has 0 bridgehead atoms. The van der Waals surface area contributed by atoms with E-state index in [0.717, 1.165) is 13.0 Å². The molecule has 0 spiro atoms. The number of aryl methyl sites for hydroxylation is 2. The van der Waals surface area contributed by atoms with Crippen LogP contribution in [0.5, 0.6) is 0 Å². The Bertz CT molecular complexity index is 199. The van der Waals surface area contributed by atoms with Crippen molar-refractivity contribution in [1.29, 1.82) is 0 Å². The van der Waals surface area contributed by atoms with Crippen molar-refractivity contribution >= 4 is 0 Å². The third-order valence-corrected chi connectivity index (χ3v) is 1.82. The van der Waals surface area contributed by atoms with Crippen molar-refractivity contribution in [1.82, 2.24) is 0 Å². The van der Waals surface area contributed by atoms with Crippen molar-refractivity contribution in [3.63, 3.8) is 0 Å². The molecule has 0 saturated carbocycles. The predicted molar refractivity (Wildman–Crippen MR) is 58.1 cm³/mol. The minimum absolute atomic E-state index is 0.819. The van der Waals surface area contributed by atoms with Gasteiger partial charge in [0.25, 0.3) is 0 Å². The van der Waals surface area contributed by atoms with E-state index < -0.39 is 0 Å². The predicted octanol–water partition coefficient (Wildman–Crippen LogP) is 3.21. The van der Waals surface area contributed by atoms with Crippen LogP contribution in [0, 0.1) is 6.92 Å². The summed E-state index contributed by atoms with van der Waals surface area (Å²) in [5.74, 6) is 0. The zero-order valence-corrected chi connectivity index (χ0v) is 9.13. The summed E-state index contributed by atoms with van der Waals surface area (Å²) >= 11 is 0. The van der Waals surface area contributed by atoms with Crippen LogP contribution in [0.3, 0.4) is 0 Å². The van der Waals surface area contributed by atoms with Crippen molar-refractivity contribution in [2.75, 3.05) is 13.7 Å². The highest BCUT2D eigenvalue weighted by atomic mass is 16.5. The lowest BCUT2D eigenvalue weighted by atomic mass is 10.1. The van der Waals surface area contributed by atoms with Crippen LogP contribution in [-0.2, 0) is 11.2 Å². The lowest BCUT2D eigenvalue weighted by molar-refractivity contribution is 0.215. The number of ether oxygens (including phenoxy) is 1. The fourth-order valence-electron chi connectivity index (χ4n) is 0.824. The summed E-state index contributed by atoms with van der Waals surface area (Å²) in [6, 6.07) is 8.66. The molecule has 0 unspecified atom stereocenters. The van der Waals surface area contributed by atoms with Gasteiger partial charge in [-0.15, -0.1) is 0 Å². The van der Waals surface area contributed by atoms with Gasteiger partial charge in [0.2, 0.25) is 0 Å². The van der Waals surface area contributed by atoms with Crippen LogP contribution in [0.25, 0.3) is 0 Å². The molecule has 0 radical (unpaired) electrons. The highest BCUT2D eigenvalue weighted by molar-refractivity contribution is 5.20. The first-order valence-corrected chi connectivity index (χ1v) is 4.79. The number of hydrogen-bond donors (Lipinski definition) is 0. The van der Waals surface area contributed by atoms with Gasteiger partial charge in [-0.05, 0) is 25.8 Å². The number of methoxy groups -OCH3 is 1. The third kappa shape index (κ3) is 6.35. The molecule has 0 aromatic heterocycles. The molecular weight excluding hydrogens is 160 g/mol. The molecule has 0 aliphatic carbocycles. The van der Waals surface area contributed by atoms with Crippen LogP contribution in [0.1, 0.15) is 25.0 Å². The molecule has 0 aliphatic rings. The number of benzene rings is 1. The van der Waals surface area contributed by atoms with Gasteiger partial charge in [-0.1, -0.05) is 36.8 Å². The van der Waals surface area contributed by atoms with Gasteiger partial charge in [0.15, 0.2) is 0 Å². The molecule has 13 heavy (non-hydrogen) atoms. The molecule has 1 aromatic carbocycles. The van der Waals surface area contributed by atoms with E-state index in [0.29, 0.717) is 0 Å². The molecule has 74 valence electrons. The Hall–Kier alpha value is -0.820. The highest BCUT2D eigenvalue weighted by Gasteiger charge is 1.84. The molecule has 0 fully saturated rings. The molecule has 0 heterocycles. The smallest absolute Gasteiger partial charge is 0.0433 e. The van der Waals surface area contributed by atoms with Crippen molar-refractivity contribution in [2.45, 2.75) is 27.2 Å². The van der Waals surface area contributed by atoms with Crippen LogP contribution in [0.15, 0.2) is 24.3 Å². The van der Waals surface area contributed by atoms with Crippen LogP contribution >= 0.6 is 0 Å². The lowest BCUT2D eigenvalue weighted by Crippen LogP contribution is -1.77. The lowest BCUT2D eigenvalue weighted by Gasteiger charge is -1.94. The Kier molecular flexibility index (Phi) is 7.32. The summed E-state index contributed by atoms with van der Waals surface area (Å²) in [4.78, 5) is 0. The maximum atomic E-state index is 4.54. The van der Waals surface area contributed by atoms with Crippen LogP contribution in [0.4, 0.5) is 0 Å². The number of hydrogen-bond acceptors (Lipinski definition) is 1. The van der Waals surface area contributed by atoms with Crippen molar-refractivity contribution < 1.29 is 4.74 Å². The Morgan fingerprint density at radius 2 is 1.54 bits per heavy atom. The molecule has 1 nitrogen and oxygen atoms in total. The van der Waals surface area contributed by atoms with E-state index in [1.54, 1.807) is 7.11 Å². The Morgan fingerprint density at radius 1 is 1.08 bits per heavy atom. The van der Waals surface area contributed by atoms with Crippen LogP contribution in [-0.4, -0.2) is 13.7 Å². The maximum Gasteiger partial charge on any atom is 0.0433 e. The van der Waals surface area contributed by atoms with E-state index >= 15 is 0 Å². The summed E-state index contributed by atoms with van der Waals surface area (Å²) in [7, 11) is 1.68. The molecule has 0 saturated heterocycles. The first-order valence-electron chi connectivity index (χ1n) is 4.79. The average Bonchev–Trinajstić information content (AvgIpc) is 2.19. The van der Waals surface area contributed by atoms with Crippen molar-refractivity contribution in [3.05, 3.63) is 35.4 Å². The summed E-state index contributed by atoms with van der Waals surface area (Å²) in [5, 5.41) is 0. The van der Waals surface area contributed by atoms with E-state index in [-0.39, 0.29) is 0 Å². The zero-order valence-electron chi connectivity index (χ0n) is 9.13. The quantitative estimate of drug-likeness (QED) is 0.679. The highest BCUT2D eigenvalue weighted by Crippen LogP contribution is 2.02. The second-order valence-corrected chi connectivity index (χ2v) is 2.92. The summed E-state index contributed by atoms with van der Waals surface area (Å²) in [6.45, 7) is 7.06. The second kappa shape index (κ2) is 7.81. The molecule has 1 aromatic rings. The van der Waals surface area contributed by atoms with E-state index in [1.807, 2.05) is 6.92 Å². The van der Waals surface area contributed by atoms with Gasteiger partial charge in [-0.3, -0.25) is 0 Å². The van der Waals surface area contributed by atoms with Crippen LogP contribution in [0.2, 0.25) is 0 Å². The summed E-state index contributed by atoms with van der Waals surface area (Å²) < 4.78 is 4.54. The van der Waals surface area contributed by atoms with E-state index in [9.17, 15) is 0 Å². The van der Waals surface area contributed by atoms with E-state index in [4.69, 9.17) is 0 Å². The Balaban J connectivity index is 0.000000310. The van der Waals surface area contributed by atoms with E-state index in [2.05, 4.69) is 42.8 Å². The largest absolute Gasteiger partial charge is 0.385 e. The minimum atomic E-state index is 0.819. The van der Waals surface area contributed by atoms with Gasteiger partial charge in [0.1, 0.15) is 0 Å². The van der Waals surface area contributed by atoms with Gasteiger partial charge in [-0.25, -0.2) is 0 Å². The molecule has 0 aliphatic heterocycles. The topological polar surface area (TPSA) is 9.23 Å². The first kappa shape index (κ1) is 12.2. The molecule has 1 heteroatoms. The van der Waals surface area contributed by atoms with Crippen molar-refractivity contribution in [3.8, 4) is 0 Å². The fourth-order valence-corrected chi connectivity index (χ4v) is 0.824. The average molecular weight is 180 g/mol. The van der Waals surface area contributed by atoms with Gasteiger partial charge < -0.3 is 4.74 Å². The van der Waals surface area contributed by atoms with E-state index in [1.165, 1.54) is 11.1 Å². The zero-order chi connectivity index (χ0) is 10.1. The Labute approximate surface area is 81.7 Å². The maximum absolute atomic E-state index is 4.54. The van der Waals surface area contributed by atoms with Gasteiger partial charge in [0.05, 0.1) is 0 Å². The Morgan fingerprint density at radius 3 is 1.85 bits per heavy atom. The van der Waals surface area contributed by atoms with Gasteiger partial charge in [0, 0.05) is 13.7 Å². The minimum Gasteiger partial charge on any atom is -0.385 e. The summed E-state index contributed by atoms with van der Waals surface area (Å²) in [6.07, 6.45) is 1.14. The molecule has 0 amide bonds. The molecular formula is C12H20O. The second-order valence-electron chi connectivity index (χ2n) is 2.92. The number of rotatable bonds is 2. The van der Waals surface area contributed by atoms with Crippen LogP contribution < -0.4 is 0 Å². The van der Waals surface area contributed by atoms with Gasteiger partial charge >= 0.3 is 0 Å². The molecule has 0 N–H and O–H groups in total. The summed E-state index contributed by atoms with van der Waals surface area (Å²) in [5.41, 5.74) is 2.76. The third-order valence-electron chi connectivity index (χ3n) is 1.82. The monoisotopic (exact) mass is 180 g/mol. The SMILES string of the molecule is CCOC.CCc1ccc(C)cc1.